The lowest BCUT2D eigenvalue weighted by Crippen LogP contribution is -2.10. The molecule has 1 aromatic carbocycles. The summed E-state index contributed by atoms with van der Waals surface area (Å²) in [6.07, 6.45) is -4.61. The fraction of sp³-hybridized carbons (Fsp3) is 0.111. The normalized spacial score (nSPS) is 11.3. The summed E-state index contributed by atoms with van der Waals surface area (Å²) in [5.74, 6) is 0.436. The fourth-order valence-corrected chi connectivity index (χ4v) is 4.80. The molecular weight excluding hydrogens is 492 g/mol. The van der Waals surface area contributed by atoms with E-state index in [2.05, 4.69) is 27.6 Å². The molecule has 3 aromatic rings. The number of halogens is 4. The summed E-state index contributed by atoms with van der Waals surface area (Å²) in [4.78, 5) is 4.99. The van der Waals surface area contributed by atoms with E-state index in [1.165, 1.54) is 11.3 Å². The van der Waals surface area contributed by atoms with Gasteiger partial charge >= 0.3 is 6.18 Å². The van der Waals surface area contributed by atoms with Crippen LogP contribution in [0.3, 0.4) is 0 Å². The summed E-state index contributed by atoms with van der Waals surface area (Å²) >= 11 is 4.64. The Hall–Kier alpha value is -1.57. The predicted octanol–water partition coefficient (Wildman–Crippen LogP) is 6.60. The van der Waals surface area contributed by atoms with Crippen LogP contribution in [0.15, 0.2) is 52.9 Å². The van der Waals surface area contributed by atoms with Crippen molar-refractivity contribution in [2.45, 2.75) is 17.0 Å². The molecule has 0 bridgehead atoms. The van der Waals surface area contributed by atoms with E-state index in [0.29, 0.717) is 10.6 Å². The van der Waals surface area contributed by atoms with Gasteiger partial charge in [0.15, 0.2) is 0 Å². The number of nitriles is 1. The molecule has 0 amide bonds. The molecule has 2 nitrogen and oxygen atoms in total. The molecule has 2 aromatic heterocycles. The van der Waals surface area contributed by atoms with Crippen molar-refractivity contribution < 1.29 is 13.2 Å². The van der Waals surface area contributed by atoms with Gasteiger partial charge in [0, 0.05) is 9.32 Å². The zero-order valence-electron chi connectivity index (χ0n) is 13.0. The van der Waals surface area contributed by atoms with Gasteiger partial charge in [-0.05, 0) is 51.7 Å². The molecule has 0 N–H and O–H groups in total. The second kappa shape index (κ2) is 7.98. The molecular formula is C18H10F3IN2S2. The third-order valence-electron chi connectivity index (χ3n) is 3.50. The SMILES string of the molecule is N#Cc1c(C(F)(F)F)cc(-c2cccs2)nc1SCc1ccccc1I. The maximum absolute atomic E-state index is 13.5. The number of nitrogens with zero attached hydrogens (tertiary/aromatic N) is 2. The zero-order valence-corrected chi connectivity index (χ0v) is 16.8. The largest absolute Gasteiger partial charge is 0.417 e. The number of benzene rings is 1. The number of alkyl halides is 3. The van der Waals surface area contributed by atoms with Gasteiger partial charge in [0.2, 0.25) is 0 Å². The van der Waals surface area contributed by atoms with Crippen LogP contribution in [0.4, 0.5) is 13.2 Å². The molecule has 0 fully saturated rings. The highest BCUT2D eigenvalue weighted by Gasteiger charge is 2.36. The van der Waals surface area contributed by atoms with E-state index in [4.69, 9.17) is 0 Å². The Labute approximate surface area is 170 Å². The average molecular weight is 502 g/mol. The van der Waals surface area contributed by atoms with Crippen LogP contribution < -0.4 is 0 Å². The molecule has 0 aliphatic heterocycles. The first-order chi connectivity index (χ1) is 12.4. The first kappa shape index (κ1) is 19.2. The predicted molar refractivity (Wildman–Crippen MR) is 106 cm³/mol. The molecule has 132 valence electrons. The van der Waals surface area contributed by atoms with E-state index in [-0.39, 0.29) is 10.7 Å². The molecule has 0 saturated carbocycles. The second-order valence-corrected chi connectivity index (χ2v) is 8.28. The van der Waals surface area contributed by atoms with Gasteiger partial charge in [0.05, 0.1) is 21.7 Å². The molecule has 2 heterocycles. The molecule has 8 heteroatoms. The first-order valence-electron chi connectivity index (χ1n) is 7.32. The third-order valence-corrected chi connectivity index (χ3v) is 6.47. The van der Waals surface area contributed by atoms with Gasteiger partial charge in [0.1, 0.15) is 11.1 Å². The summed E-state index contributed by atoms with van der Waals surface area (Å²) < 4.78 is 41.5. The van der Waals surface area contributed by atoms with Crippen molar-refractivity contribution in [1.82, 2.24) is 4.98 Å². The highest BCUT2D eigenvalue weighted by atomic mass is 127. The Morgan fingerprint density at radius 2 is 1.96 bits per heavy atom. The van der Waals surface area contributed by atoms with E-state index in [1.807, 2.05) is 24.3 Å². The van der Waals surface area contributed by atoms with Crippen molar-refractivity contribution in [2.24, 2.45) is 0 Å². The highest BCUT2D eigenvalue weighted by Crippen LogP contribution is 2.39. The van der Waals surface area contributed by atoms with Crippen LogP contribution in [-0.2, 0) is 11.9 Å². The van der Waals surface area contributed by atoms with Crippen LogP contribution in [0.2, 0.25) is 0 Å². The minimum Gasteiger partial charge on any atom is -0.239 e. The topological polar surface area (TPSA) is 36.7 Å². The quantitative estimate of drug-likeness (QED) is 0.298. The molecule has 0 saturated heterocycles. The summed E-state index contributed by atoms with van der Waals surface area (Å²) in [6.45, 7) is 0. The number of hydrogen-bond donors (Lipinski definition) is 0. The average Bonchev–Trinajstić information content (AvgIpc) is 3.14. The van der Waals surface area contributed by atoms with Crippen molar-refractivity contribution in [1.29, 1.82) is 5.26 Å². The van der Waals surface area contributed by atoms with Gasteiger partial charge in [-0.3, -0.25) is 0 Å². The summed E-state index contributed by atoms with van der Waals surface area (Å²) in [6, 6.07) is 13.7. The van der Waals surface area contributed by atoms with Crippen molar-refractivity contribution in [2.75, 3.05) is 0 Å². The molecule has 26 heavy (non-hydrogen) atoms. The van der Waals surface area contributed by atoms with Crippen LogP contribution in [-0.4, -0.2) is 4.98 Å². The second-order valence-electron chi connectivity index (χ2n) is 5.20. The number of thiophene rings is 1. The third kappa shape index (κ3) is 4.22. The summed E-state index contributed by atoms with van der Waals surface area (Å²) in [5.41, 5.74) is -0.145. The Morgan fingerprint density at radius 1 is 1.19 bits per heavy atom. The van der Waals surface area contributed by atoms with Crippen LogP contribution in [0.5, 0.6) is 0 Å². The van der Waals surface area contributed by atoms with Crippen LogP contribution in [0.1, 0.15) is 16.7 Å². The van der Waals surface area contributed by atoms with Gasteiger partial charge < -0.3 is 0 Å². The maximum atomic E-state index is 13.5. The smallest absolute Gasteiger partial charge is 0.239 e. The van der Waals surface area contributed by atoms with Crippen LogP contribution >= 0.6 is 45.7 Å². The van der Waals surface area contributed by atoms with Gasteiger partial charge in [0.25, 0.3) is 0 Å². The zero-order chi connectivity index (χ0) is 18.7. The van der Waals surface area contributed by atoms with Crippen molar-refractivity contribution >= 4 is 45.7 Å². The summed E-state index contributed by atoms with van der Waals surface area (Å²) in [5, 5.41) is 11.2. The lowest BCUT2D eigenvalue weighted by Gasteiger charge is -2.14. The number of hydrogen-bond acceptors (Lipinski definition) is 4. The van der Waals surface area contributed by atoms with E-state index in [0.717, 1.165) is 27.0 Å². The molecule has 0 spiro atoms. The van der Waals surface area contributed by atoms with Crippen molar-refractivity contribution in [3.8, 4) is 16.6 Å². The van der Waals surface area contributed by atoms with Crippen LogP contribution in [0, 0.1) is 14.9 Å². The van der Waals surface area contributed by atoms with E-state index in [9.17, 15) is 18.4 Å². The van der Waals surface area contributed by atoms with Crippen molar-refractivity contribution in [3.05, 3.63) is 68.1 Å². The van der Waals surface area contributed by atoms with Crippen molar-refractivity contribution in [3.63, 3.8) is 0 Å². The van der Waals surface area contributed by atoms with E-state index >= 15 is 0 Å². The number of pyridine rings is 1. The standard InChI is InChI=1S/C18H10F3IN2S2/c19-18(20,21)13-8-15(16-6-3-7-25-16)24-17(12(13)9-23)26-10-11-4-1-2-5-14(11)22/h1-8H,10H2. The van der Waals surface area contributed by atoms with Gasteiger partial charge in [-0.25, -0.2) is 4.98 Å². The molecule has 0 unspecified atom stereocenters. The number of aromatic nitrogens is 1. The Bertz CT molecular complexity index is 964. The van der Waals surface area contributed by atoms with E-state index in [1.54, 1.807) is 23.6 Å². The minimum atomic E-state index is -4.61. The highest BCUT2D eigenvalue weighted by molar-refractivity contribution is 14.1. The Balaban J connectivity index is 2.06. The lowest BCUT2D eigenvalue weighted by atomic mass is 10.1. The molecule has 0 aliphatic rings. The number of thioether (sulfide) groups is 1. The fourth-order valence-electron chi connectivity index (χ4n) is 2.27. The molecule has 0 aliphatic carbocycles. The van der Waals surface area contributed by atoms with E-state index < -0.39 is 17.3 Å². The number of rotatable bonds is 4. The van der Waals surface area contributed by atoms with Gasteiger partial charge in [-0.1, -0.05) is 24.3 Å². The Kier molecular flexibility index (Phi) is 5.89. The maximum Gasteiger partial charge on any atom is 0.417 e. The van der Waals surface area contributed by atoms with Gasteiger partial charge in [-0.15, -0.1) is 23.1 Å². The minimum absolute atomic E-state index is 0.102. The summed E-state index contributed by atoms with van der Waals surface area (Å²) in [7, 11) is 0. The van der Waals surface area contributed by atoms with Gasteiger partial charge in [-0.2, -0.15) is 18.4 Å². The molecule has 0 radical (unpaired) electrons. The first-order valence-corrected chi connectivity index (χ1v) is 10.3. The molecule has 3 rings (SSSR count). The molecule has 0 atom stereocenters. The van der Waals surface area contributed by atoms with Crippen LogP contribution in [0.25, 0.3) is 10.6 Å². The Morgan fingerprint density at radius 3 is 2.58 bits per heavy atom. The lowest BCUT2D eigenvalue weighted by molar-refractivity contribution is -0.138. The monoisotopic (exact) mass is 502 g/mol.